The van der Waals surface area contributed by atoms with Crippen LogP contribution >= 0.6 is 0 Å². The first kappa shape index (κ1) is 95.0. The fraction of sp³-hybridized carbons (Fsp3) is 0.310. The molecule has 17 aromatic rings. The molecule has 0 aliphatic heterocycles. The van der Waals surface area contributed by atoms with Gasteiger partial charge in [0.1, 0.15) is 71.2 Å². The Labute approximate surface area is 717 Å². The topological polar surface area (TPSA) is 297 Å². The molecule has 0 amide bonds. The Morgan fingerprint density at radius 2 is 0.628 bits per heavy atom. The monoisotopic (exact) mass is 1620 g/mol. The van der Waals surface area contributed by atoms with Gasteiger partial charge in [0.2, 0.25) is 0 Å². The summed E-state index contributed by atoms with van der Waals surface area (Å²) in [5.74, 6) is 2.24. The number of nitrogens with two attached hydrogens (primary N) is 4. The Hall–Kier alpha value is -13.2. The standard InChI is InChI=1S/C21H18N4.3C16H16N4.C7H6N2.C5H5N.C3H4N2.8C2H6/c22-20-19-17(14-6-2-1-3-7-14)12-25(21(19)24-13-23-20)18-11-10-15-8-4-5-9-16(15)18;3*1-10-8-20(16-14(10)15(17)18-9-19-16)13-7-6-11-4-2-3-5-12(11)13;1-2-4-7-6(3-1)8-5-9-7;1-2-4-6-5-3-1;1-2-4-5-3-1;8*1-2/h1-9,12-13,18H,10-11H2,(H2,22,23,24);3*2-5,8-9,13H,6-7H2,1H3,(H2,17,18,19);1-5H,(H,8,9);1-5H;1-3H,(H,4,5);8*1-2H3. The highest BCUT2D eigenvalue weighted by Crippen LogP contribution is 2.43. The quantitative estimate of drug-likeness (QED) is 0.0933. The van der Waals surface area contributed by atoms with Crippen LogP contribution in [0.15, 0.2) is 257 Å². The minimum absolute atomic E-state index is 0.297. The molecule has 10 N–H and O–H groups in total. The molecular weight excluding hydrogens is 1500 g/mol. The molecule has 21 heteroatoms. The molecule has 6 aromatic carbocycles. The van der Waals surface area contributed by atoms with Crippen molar-refractivity contribution in [1.82, 2.24) is 83.3 Å². The van der Waals surface area contributed by atoms with E-state index in [0.717, 1.165) is 134 Å². The number of pyridine rings is 1. The van der Waals surface area contributed by atoms with Gasteiger partial charge < -0.3 is 46.2 Å². The van der Waals surface area contributed by atoms with Crippen LogP contribution in [0.2, 0.25) is 0 Å². The molecule has 21 rings (SSSR count). The summed E-state index contributed by atoms with van der Waals surface area (Å²) in [5, 5.41) is 10.1. The van der Waals surface area contributed by atoms with Crippen molar-refractivity contribution in [3.05, 3.63) is 318 Å². The number of hydrogen-bond donors (Lipinski definition) is 6. The van der Waals surface area contributed by atoms with E-state index in [1.54, 1.807) is 56.4 Å². The number of imidazole rings is 1. The van der Waals surface area contributed by atoms with Crippen LogP contribution in [0.5, 0.6) is 0 Å². The van der Waals surface area contributed by atoms with Crippen LogP contribution in [0, 0.1) is 20.8 Å². The zero-order chi connectivity index (χ0) is 87.8. The molecule has 0 saturated heterocycles. The summed E-state index contributed by atoms with van der Waals surface area (Å²) >= 11 is 0. The predicted molar refractivity (Wildman–Crippen MR) is 509 cm³/mol. The second-order valence-electron chi connectivity index (χ2n) is 26.5. The third kappa shape index (κ3) is 22.8. The summed E-state index contributed by atoms with van der Waals surface area (Å²) in [4.78, 5) is 45.3. The molecule has 4 unspecified atom stereocenters. The van der Waals surface area contributed by atoms with E-state index in [1.165, 1.54) is 44.5 Å². The van der Waals surface area contributed by atoms with Crippen molar-refractivity contribution >= 4 is 78.4 Å². The highest BCUT2D eigenvalue weighted by Gasteiger charge is 2.31. The average Bonchev–Trinajstić information content (AvgIpc) is 1.69. The molecule has 121 heavy (non-hydrogen) atoms. The molecule has 4 aliphatic rings. The van der Waals surface area contributed by atoms with Gasteiger partial charge in [0.05, 0.1) is 63.1 Å². The van der Waals surface area contributed by atoms with E-state index in [4.69, 9.17) is 22.9 Å². The summed E-state index contributed by atoms with van der Waals surface area (Å²) in [6.07, 6.45) is 32.4. The fourth-order valence-corrected chi connectivity index (χ4v) is 15.5. The number of para-hydroxylation sites is 2. The summed E-state index contributed by atoms with van der Waals surface area (Å²) in [7, 11) is 0. The van der Waals surface area contributed by atoms with Gasteiger partial charge in [-0.2, -0.15) is 5.10 Å². The smallest absolute Gasteiger partial charge is 0.146 e. The van der Waals surface area contributed by atoms with E-state index < -0.39 is 0 Å². The Kier molecular flexibility index (Phi) is 39.2. The Morgan fingerprint density at radius 1 is 0.314 bits per heavy atom. The van der Waals surface area contributed by atoms with Crippen molar-refractivity contribution in [2.75, 3.05) is 22.9 Å². The summed E-state index contributed by atoms with van der Waals surface area (Å²) in [6.45, 7) is 38.2. The van der Waals surface area contributed by atoms with E-state index in [2.05, 4.69) is 238 Å². The maximum Gasteiger partial charge on any atom is 0.146 e. The maximum atomic E-state index is 6.24. The zero-order valence-corrected chi connectivity index (χ0v) is 74.7. The van der Waals surface area contributed by atoms with Crippen molar-refractivity contribution in [1.29, 1.82) is 0 Å². The lowest BCUT2D eigenvalue weighted by atomic mass is 10.1. The van der Waals surface area contributed by atoms with Gasteiger partial charge in [0, 0.05) is 55.1 Å². The van der Waals surface area contributed by atoms with Crippen LogP contribution < -0.4 is 22.9 Å². The lowest BCUT2D eigenvalue weighted by Crippen LogP contribution is -2.07. The van der Waals surface area contributed by atoms with Gasteiger partial charge in [-0.3, -0.25) is 10.1 Å². The van der Waals surface area contributed by atoms with E-state index in [0.29, 0.717) is 47.4 Å². The number of aromatic amines is 2. The molecule has 634 valence electrons. The molecule has 4 aliphatic carbocycles. The summed E-state index contributed by atoms with van der Waals surface area (Å²) < 4.78 is 9.05. The van der Waals surface area contributed by atoms with Crippen LogP contribution in [0.3, 0.4) is 0 Å². The number of H-pyrrole nitrogens is 2. The van der Waals surface area contributed by atoms with Crippen molar-refractivity contribution in [3.63, 3.8) is 0 Å². The number of nitrogens with one attached hydrogen (secondary N) is 2. The van der Waals surface area contributed by atoms with Crippen molar-refractivity contribution in [2.24, 2.45) is 0 Å². The molecule has 0 bridgehead atoms. The van der Waals surface area contributed by atoms with E-state index in [9.17, 15) is 0 Å². The van der Waals surface area contributed by atoms with Crippen LogP contribution in [-0.4, -0.2) is 83.3 Å². The number of fused-ring (bicyclic) bond motifs is 9. The van der Waals surface area contributed by atoms with Crippen LogP contribution in [0.25, 0.3) is 66.3 Å². The van der Waals surface area contributed by atoms with Gasteiger partial charge in [-0.1, -0.05) is 256 Å². The number of aromatic nitrogens is 17. The van der Waals surface area contributed by atoms with Gasteiger partial charge >= 0.3 is 0 Å². The molecule has 0 radical (unpaired) electrons. The number of nitrogens with zero attached hydrogens (tertiary/aromatic N) is 15. The number of aryl methyl sites for hydroxylation is 7. The first-order valence-corrected chi connectivity index (χ1v) is 43.4. The minimum atomic E-state index is 0.297. The lowest BCUT2D eigenvalue weighted by molar-refractivity contribution is 0.594. The van der Waals surface area contributed by atoms with E-state index >= 15 is 0 Å². The summed E-state index contributed by atoms with van der Waals surface area (Å²) in [6, 6.07) is 61.9. The molecule has 0 spiro atoms. The first-order chi connectivity index (χ1) is 59.6. The number of nitrogen functional groups attached to an aromatic ring is 4. The van der Waals surface area contributed by atoms with E-state index in [1.807, 2.05) is 178 Å². The van der Waals surface area contributed by atoms with Gasteiger partial charge in [-0.25, -0.2) is 44.9 Å². The normalized spacial score (nSPS) is 13.9. The third-order valence-electron chi connectivity index (χ3n) is 20.3. The first-order valence-electron chi connectivity index (χ1n) is 43.4. The Bertz CT molecular complexity index is 5400. The van der Waals surface area contributed by atoms with Gasteiger partial charge in [-0.05, 0) is 169 Å². The Morgan fingerprint density at radius 3 is 0.942 bits per heavy atom. The fourth-order valence-electron chi connectivity index (χ4n) is 15.5. The van der Waals surface area contributed by atoms with Crippen molar-refractivity contribution < 1.29 is 0 Å². The number of hydrogen-bond acceptors (Lipinski definition) is 15. The van der Waals surface area contributed by atoms with Gasteiger partial charge in [-0.15, -0.1) is 0 Å². The number of anilines is 4. The number of benzene rings is 6. The largest absolute Gasteiger partial charge is 0.383 e. The highest BCUT2D eigenvalue weighted by atomic mass is 15.1. The number of rotatable bonds is 5. The zero-order valence-electron chi connectivity index (χ0n) is 74.7. The van der Waals surface area contributed by atoms with Crippen molar-refractivity contribution in [3.8, 4) is 11.1 Å². The Balaban J connectivity index is 0.000000196. The second-order valence-corrected chi connectivity index (χ2v) is 26.5. The molecule has 11 heterocycles. The van der Waals surface area contributed by atoms with Crippen LogP contribution in [0.4, 0.5) is 23.3 Å². The second kappa shape index (κ2) is 49.9. The SMILES string of the molecule is CC.CC.CC.CC.CC.CC.CC.CC.Cc1cn(C2CCc3ccccc32)c2ncnc(N)c12.Cc1cn(C2CCc3ccccc32)c2ncnc(N)c12.Cc1cn(C2CCc3ccccc32)c2ncnc(N)c12.Nc1ncnc2c1c(-c1ccccc1)cn2C1CCc2ccccc21.c1ccc2[nH]cnc2c1.c1ccncc1.c1cn[nH]c1. The molecule has 0 saturated carbocycles. The maximum absolute atomic E-state index is 6.24. The van der Waals surface area contributed by atoms with Crippen LogP contribution in [0.1, 0.15) is 222 Å². The molecule has 21 nitrogen and oxygen atoms in total. The van der Waals surface area contributed by atoms with Crippen molar-refractivity contribution in [2.45, 2.75) is 207 Å². The van der Waals surface area contributed by atoms with Gasteiger partial charge in [0.15, 0.2) is 0 Å². The molecular formula is C100H129N21. The molecule has 4 atom stereocenters. The highest BCUT2D eigenvalue weighted by molar-refractivity contribution is 6.01. The average molecular weight is 1630 g/mol. The molecule has 0 fully saturated rings. The molecule has 11 aromatic heterocycles. The van der Waals surface area contributed by atoms with Crippen LogP contribution in [-0.2, 0) is 25.7 Å². The van der Waals surface area contributed by atoms with Gasteiger partial charge in [0.25, 0.3) is 0 Å². The van der Waals surface area contributed by atoms with E-state index in [-0.39, 0.29) is 0 Å². The summed E-state index contributed by atoms with van der Waals surface area (Å²) in [5.41, 5.74) is 47.1. The lowest BCUT2D eigenvalue weighted by Gasteiger charge is -2.15. The predicted octanol–water partition coefficient (Wildman–Crippen LogP) is 24.1. The third-order valence-corrected chi connectivity index (χ3v) is 20.3. The minimum Gasteiger partial charge on any atom is -0.383 e.